The Labute approximate surface area is 104 Å². The first-order valence-corrected chi connectivity index (χ1v) is 5.60. The van der Waals surface area contributed by atoms with Crippen LogP contribution in [0.1, 0.15) is 5.56 Å². The largest absolute Gasteiger partial charge is 0.471 e. The van der Waals surface area contributed by atoms with Crippen LogP contribution in [0.5, 0.6) is 5.88 Å². The Morgan fingerprint density at radius 3 is 2.83 bits per heavy atom. The number of aromatic amines is 1. The molecule has 0 aromatic heterocycles. The summed E-state index contributed by atoms with van der Waals surface area (Å²) in [6.07, 6.45) is 1.69. The maximum absolute atomic E-state index is 5.68. The minimum Gasteiger partial charge on any atom is -0.471 e. The second kappa shape index (κ2) is 4.37. The van der Waals surface area contributed by atoms with Gasteiger partial charge in [0.05, 0.1) is 5.69 Å². The van der Waals surface area contributed by atoms with Gasteiger partial charge in [0.1, 0.15) is 12.3 Å². The van der Waals surface area contributed by atoms with E-state index in [1.54, 1.807) is 6.20 Å². The van der Waals surface area contributed by atoms with Gasteiger partial charge in [-0.05, 0) is 11.6 Å². The molecule has 5 nitrogen and oxygen atoms in total. The number of nitrogen functional groups attached to an aromatic ring is 1. The number of nitrogens with one attached hydrogen (secondary N) is 1. The summed E-state index contributed by atoms with van der Waals surface area (Å²) in [5.74, 6) is 0.772. The minimum atomic E-state index is 0.318. The highest BCUT2D eigenvalue weighted by Crippen LogP contribution is 2.28. The molecular formula is C13H12N4O. The first-order valence-electron chi connectivity index (χ1n) is 5.60. The summed E-state index contributed by atoms with van der Waals surface area (Å²) in [5, 5.41) is 0. The van der Waals surface area contributed by atoms with Crippen LogP contribution in [0.15, 0.2) is 42.6 Å². The minimum absolute atomic E-state index is 0.318. The van der Waals surface area contributed by atoms with E-state index in [1.165, 1.54) is 0 Å². The molecular weight excluding hydrogens is 228 g/mol. The van der Waals surface area contributed by atoms with Gasteiger partial charge in [0, 0.05) is 6.20 Å². The van der Waals surface area contributed by atoms with Gasteiger partial charge in [-0.25, -0.2) is 4.98 Å². The summed E-state index contributed by atoms with van der Waals surface area (Å²) in [6.45, 7) is 0.444. The molecule has 2 heterocycles. The lowest BCUT2D eigenvalue weighted by Gasteiger charge is -2.09. The molecule has 0 atom stereocenters. The highest BCUT2D eigenvalue weighted by Gasteiger charge is 2.14. The summed E-state index contributed by atoms with van der Waals surface area (Å²) in [4.78, 5) is 11.3. The van der Waals surface area contributed by atoms with E-state index in [1.807, 2.05) is 36.4 Å². The molecule has 2 aliphatic rings. The average Bonchev–Trinajstić information content (AvgIpc) is 2.85. The fourth-order valence-electron chi connectivity index (χ4n) is 1.76. The molecule has 5 heteroatoms. The summed E-state index contributed by atoms with van der Waals surface area (Å²) in [6, 6.07) is 11.7. The predicted octanol–water partition coefficient (Wildman–Crippen LogP) is 2.07. The molecule has 0 amide bonds. The summed E-state index contributed by atoms with van der Waals surface area (Å²) in [7, 11) is 0. The first-order chi connectivity index (χ1) is 8.83. The van der Waals surface area contributed by atoms with E-state index in [-0.39, 0.29) is 0 Å². The van der Waals surface area contributed by atoms with Gasteiger partial charge in [-0.1, -0.05) is 30.3 Å². The van der Waals surface area contributed by atoms with Gasteiger partial charge in [0.15, 0.2) is 0 Å². The maximum atomic E-state index is 5.68. The van der Waals surface area contributed by atoms with Crippen LogP contribution in [0.2, 0.25) is 0 Å². The molecule has 0 aliphatic carbocycles. The molecule has 18 heavy (non-hydrogen) atoms. The van der Waals surface area contributed by atoms with Crippen LogP contribution in [0.25, 0.3) is 11.4 Å². The van der Waals surface area contributed by atoms with Crippen molar-refractivity contribution in [1.29, 1.82) is 0 Å². The number of hydrogen-bond acceptors (Lipinski definition) is 4. The Balaban J connectivity index is 1.85. The smallest absolute Gasteiger partial charge is 0.245 e. The van der Waals surface area contributed by atoms with E-state index in [2.05, 4.69) is 15.0 Å². The second-order valence-electron chi connectivity index (χ2n) is 3.91. The van der Waals surface area contributed by atoms with Gasteiger partial charge in [-0.3, -0.25) is 0 Å². The van der Waals surface area contributed by atoms with E-state index in [0.717, 1.165) is 11.3 Å². The number of ether oxygens (including phenoxy) is 1. The zero-order chi connectivity index (χ0) is 12.4. The molecule has 0 saturated carbocycles. The standard InChI is InChI=1S/C13H12N4O/c14-13-16-10-6-7-15-11(10)12(17-13)18-8-9-4-2-1-3-5-9/h1-7H,8H2,(H3,14,16,17). The molecule has 1 aromatic rings. The molecule has 3 N–H and O–H groups in total. The molecule has 0 spiro atoms. The van der Waals surface area contributed by atoms with Gasteiger partial charge in [0.25, 0.3) is 0 Å². The Morgan fingerprint density at radius 1 is 1.17 bits per heavy atom. The van der Waals surface area contributed by atoms with E-state index < -0.39 is 0 Å². The molecule has 0 fully saturated rings. The van der Waals surface area contributed by atoms with Crippen LogP contribution >= 0.6 is 0 Å². The summed E-state index contributed by atoms with van der Waals surface area (Å²) in [5.41, 5.74) is 8.27. The molecule has 0 bridgehead atoms. The van der Waals surface area contributed by atoms with Crippen molar-refractivity contribution in [3.05, 3.63) is 48.2 Å². The molecule has 90 valence electrons. The number of anilines is 1. The molecule has 1 aromatic carbocycles. The van der Waals surface area contributed by atoms with Crippen molar-refractivity contribution >= 4 is 5.95 Å². The predicted molar refractivity (Wildman–Crippen MR) is 68.2 cm³/mol. The Morgan fingerprint density at radius 2 is 2.00 bits per heavy atom. The van der Waals surface area contributed by atoms with Crippen molar-refractivity contribution in [3.63, 3.8) is 0 Å². The van der Waals surface area contributed by atoms with Gasteiger partial charge < -0.3 is 15.5 Å². The van der Waals surface area contributed by atoms with Crippen molar-refractivity contribution in [3.8, 4) is 17.3 Å². The maximum Gasteiger partial charge on any atom is 0.245 e. The highest BCUT2D eigenvalue weighted by atomic mass is 16.5. The van der Waals surface area contributed by atoms with Crippen LogP contribution in [-0.4, -0.2) is 15.0 Å². The third kappa shape index (κ3) is 1.98. The number of benzene rings is 1. The van der Waals surface area contributed by atoms with Gasteiger partial charge >= 0.3 is 0 Å². The molecule has 3 rings (SSSR count). The second-order valence-corrected chi connectivity index (χ2v) is 3.91. The van der Waals surface area contributed by atoms with Crippen molar-refractivity contribution in [2.75, 3.05) is 5.73 Å². The van der Waals surface area contributed by atoms with Crippen molar-refractivity contribution in [2.24, 2.45) is 0 Å². The number of fused-ring (bicyclic) bond motifs is 1. The van der Waals surface area contributed by atoms with E-state index >= 15 is 0 Å². The number of H-pyrrole nitrogens is 1. The van der Waals surface area contributed by atoms with Crippen LogP contribution < -0.4 is 10.5 Å². The lowest BCUT2D eigenvalue weighted by atomic mass is 10.2. The highest BCUT2D eigenvalue weighted by molar-refractivity contribution is 5.63. The number of rotatable bonds is 3. The zero-order valence-corrected chi connectivity index (χ0v) is 9.63. The Bertz CT molecular complexity index is 620. The van der Waals surface area contributed by atoms with Crippen LogP contribution in [0.4, 0.5) is 5.95 Å². The Hall–Kier alpha value is -2.56. The van der Waals surface area contributed by atoms with Crippen LogP contribution in [0.3, 0.4) is 0 Å². The van der Waals surface area contributed by atoms with Gasteiger partial charge in [-0.2, -0.15) is 4.98 Å². The molecule has 0 radical (unpaired) electrons. The zero-order valence-electron chi connectivity index (χ0n) is 9.63. The van der Waals surface area contributed by atoms with E-state index in [4.69, 9.17) is 10.5 Å². The molecule has 0 unspecified atom stereocenters. The normalized spacial score (nSPS) is 10.7. The Kier molecular flexibility index (Phi) is 2.57. The van der Waals surface area contributed by atoms with Crippen molar-refractivity contribution < 1.29 is 4.74 Å². The summed E-state index contributed by atoms with van der Waals surface area (Å²) < 4.78 is 5.67. The number of nitrogens with zero attached hydrogens (tertiary/aromatic N) is 2. The fourth-order valence-corrected chi connectivity index (χ4v) is 1.76. The average molecular weight is 240 g/mol. The van der Waals surface area contributed by atoms with Gasteiger partial charge in [-0.15, -0.1) is 0 Å². The van der Waals surface area contributed by atoms with E-state index in [0.29, 0.717) is 24.1 Å². The van der Waals surface area contributed by atoms with Gasteiger partial charge in [0.2, 0.25) is 11.8 Å². The third-order valence-electron chi connectivity index (χ3n) is 2.61. The first kappa shape index (κ1) is 10.6. The van der Waals surface area contributed by atoms with Crippen LogP contribution in [0, 0.1) is 0 Å². The van der Waals surface area contributed by atoms with Crippen molar-refractivity contribution in [2.45, 2.75) is 6.61 Å². The SMILES string of the molecule is Nc1nc(OCc2ccccc2)c2nccc-2[nH]1. The third-order valence-corrected chi connectivity index (χ3v) is 2.61. The quantitative estimate of drug-likeness (QED) is 0.734. The van der Waals surface area contributed by atoms with Crippen molar-refractivity contribution in [1.82, 2.24) is 15.0 Å². The number of hydrogen-bond donors (Lipinski definition) is 2. The number of nitrogens with two attached hydrogens (primary N) is 1. The molecule has 0 saturated heterocycles. The summed E-state index contributed by atoms with van der Waals surface area (Å²) >= 11 is 0. The lowest BCUT2D eigenvalue weighted by molar-refractivity contribution is 0.294. The number of aromatic nitrogens is 3. The fraction of sp³-hybridized carbons (Fsp3) is 0.0769. The van der Waals surface area contributed by atoms with E-state index in [9.17, 15) is 0 Å². The monoisotopic (exact) mass is 240 g/mol. The van der Waals surface area contributed by atoms with Crippen LogP contribution in [-0.2, 0) is 6.61 Å². The topological polar surface area (TPSA) is 76.8 Å². The molecule has 2 aliphatic heterocycles. The lowest BCUT2D eigenvalue weighted by Crippen LogP contribution is -2.04.